The number of hydrogen-bond donors (Lipinski definition) is 1. The highest BCUT2D eigenvalue weighted by molar-refractivity contribution is 7.99. The Morgan fingerprint density at radius 3 is 2.83 bits per heavy atom. The molecule has 2 rings (SSSR count). The molecule has 0 aliphatic heterocycles. The van der Waals surface area contributed by atoms with E-state index in [9.17, 15) is 9.59 Å². The molecule has 0 aliphatic rings. The zero-order chi connectivity index (χ0) is 17.5. The van der Waals surface area contributed by atoms with Gasteiger partial charge in [0, 0.05) is 26.3 Å². The molecule has 1 amide bonds. The fourth-order valence-electron chi connectivity index (χ4n) is 2.31. The normalized spacial score (nSPS) is 11.2. The number of benzene rings is 1. The van der Waals surface area contributed by atoms with Crippen LogP contribution in [0.3, 0.4) is 0 Å². The number of thioether (sulfide) groups is 1. The average Bonchev–Trinajstić information content (AvgIpc) is 2.56. The Bertz CT molecular complexity index is 758. The summed E-state index contributed by atoms with van der Waals surface area (Å²) in [7, 11) is 1.63. The van der Waals surface area contributed by atoms with Crippen molar-refractivity contribution in [3.8, 4) is 0 Å². The highest BCUT2D eigenvalue weighted by Crippen LogP contribution is 2.20. The molecule has 2 aromatic rings. The molecule has 0 bridgehead atoms. The second-order valence-electron chi connectivity index (χ2n) is 5.67. The maximum absolute atomic E-state index is 12.7. The number of carbonyl (C=O) groups excluding carboxylic acids is 1. The van der Waals surface area contributed by atoms with Crippen LogP contribution in [0.2, 0.25) is 0 Å². The predicted octanol–water partition coefficient (Wildman–Crippen LogP) is 2.22. The maximum Gasteiger partial charge on any atom is 0.262 e. The van der Waals surface area contributed by atoms with E-state index in [1.807, 2.05) is 32.0 Å². The molecule has 0 radical (unpaired) electrons. The average molecular weight is 349 g/mol. The molecule has 7 heteroatoms. The minimum Gasteiger partial charge on any atom is -0.385 e. The zero-order valence-electron chi connectivity index (χ0n) is 14.2. The molecular weight excluding hydrogens is 326 g/mol. The molecule has 0 aliphatic carbocycles. The van der Waals surface area contributed by atoms with Crippen molar-refractivity contribution in [1.82, 2.24) is 14.9 Å². The maximum atomic E-state index is 12.7. The van der Waals surface area contributed by atoms with Crippen LogP contribution in [0.25, 0.3) is 10.9 Å². The van der Waals surface area contributed by atoms with E-state index in [0.29, 0.717) is 29.2 Å². The summed E-state index contributed by atoms with van der Waals surface area (Å²) in [6, 6.07) is 7.25. The van der Waals surface area contributed by atoms with E-state index in [2.05, 4.69) is 10.3 Å². The molecule has 0 fully saturated rings. The second-order valence-corrected chi connectivity index (χ2v) is 6.61. The minimum absolute atomic E-state index is 0.0260. The molecule has 0 saturated heterocycles. The lowest BCUT2D eigenvalue weighted by Gasteiger charge is -2.16. The fraction of sp³-hybridized carbons (Fsp3) is 0.471. The molecule has 0 unspecified atom stereocenters. The second kappa shape index (κ2) is 8.84. The van der Waals surface area contributed by atoms with Crippen LogP contribution in [-0.2, 0) is 9.53 Å². The van der Waals surface area contributed by atoms with Crippen LogP contribution in [0.5, 0.6) is 0 Å². The third kappa shape index (κ3) is 4.58. The Balaban J connectivity index is 2.14. The van der Waals surface area contributed by atoms with Crippen LogP contribution in [0.15, 0.2) is 34.2 Å². The summed E-state index contributed by atoms with van der Waals surface area (Å²) in [6.45, 7) is 5.07. The van der Waals surface area contributed by atoms with Gasteiger partial charge in [0.15, 0.2) is 5.16 Å². The van der Waals surface area contributed by atoms with Crippen LogP contribution >= 0.6 is 11.8 Å². The van der Waals surface area contributed by atoms with Crippen LogP contribution in [0, 0.1) is 0 Å². The van der Waals surface area contributed by atoms with Gasteiger partial charge in [-0.1, -0.05) is 23.9 Å². The smallest absolute Gasteiger partial charge is 0.262 e. The summed E-state index contributed by atoms with van der Waals surface area (Å²) in [5.41, 5.74) is 0.584. The summed E-state index contributed by atoms with van der Waals surface area (Å²) < 4.78 is 6.59. The number of para-hydroxylation sites is 1. The summed E-state index contributed by atoms with van der Waals surface area (Å²) in [5, 5.41) is 4.00. The van der Waals surface area contributed by atoms with Crippen molar-refractivity contribution >= 4 is 28.6 Å². The lowest BCUT2D eigenvalue weighted by Crippen LogP contribution is -2.28. The quantitative estimate of drug-likeness (QED) is 0.449. The Morgan fingerprint density at radius 1 is 1.38 bits per heavy atom. The van der Waals surface area contributed by atoms with Crippen molar-refractivity contribution in [2.45, 2.75) is 31.5 Å². The monoisotopic (exact) mass is 349 g/mol. The Hall–Kier alpha value is -1.86. The van der Waals surface area contributed by atoms with Gasteiger partial charge in [-0.05, 0) is 32.4 Å². The van der Waals surface area contributed by atoms with Gasteiger partial charge in [-0.25, -0.2) is 4.98 Å². The Labute approximate surface area is 145 Å². The van der Waals surface area contributed by atoms with Crippen LogP contribution in [-0.4, -0.2) is 41.5 Å². The van der Waals surface area contributed by atoms with Crippen LogP contribution in [0.4, 0.5) is 0 Å². The van der Waals surface area contributed by atoms with Gasteiger partial charge in [0.05, 0.1) is 16.7 Å². The first kappa shape index (κ1) is 18.5. The SMILES string of the molecule is COCCCNC(=O)CSc1nc2ccccc2c(=O)n1C(C)C. The number of nitrogens with zero attached hydrogens (tertiary/aromatic N) is 2. The standard InChI is InChI=1S/C17H23N3O3S/c1-12(2)20-16(22)13-7-4-5-8-14(13)19-17(20)24-11-15(21)18-9-6-10-23-3/h4-5,7-8,12H,6,9-11H2,1-3H3,(H,18,21). The van der Waals surface area contributed by atoms with Gasteiger partial charge in [0.1, 0.15) is 0 Å². The molecule has 24 heavy (non-hydrogen) atoms. The Kier molecular flexibility index (Phi) is 6.81. The Morgan fingerprint density at radius 2 is 2.12 bits per heavy atom. The number of rotatable bonds is 8. The molecule has 1 heterocycles. The molecule has 6 nitrogen and oxygen atoms in total. The largest absolute Gasteiger partial charge is 0.385 e. The van der Waals surface area contributed by atoms with Crippen molar-refractivity contribution in [3.63, 3.8) is 0 Å². The lowest BCUT2D eigenvalue weighted by molar-refractivity contribution is -0.118. The van der Waals surface area contributed by atoms with E-state index in [0.717, 1.165) is 6.42 Å². The molecule has 0 saturated carbocycles. The molecule has 1 aromatic carbocycles. The number of nitrogens with one attached hydrogen (secondary N) is 1. The van der Waals surface area contributed by atoms with Gasteiger partial charge < -0.3 is 10.1 Å². The van der Waals surface area contributed by atoms with Gasteiger partial charge in [-0.2, -0.15) is 0 Å². The molecule has 0 atom stereocenters. The number of aromatic nitrogens is 2. The van der Waals surface area contributed by atoms with Gasteiger partial charge in [-0.3, -0.25) is 14.2 Å². The molecular formula is C17H23N3O3S. The first-order valence-electron chi connectivity index (χ1n) is 7.94. The van der Waals surface area contributed by atoms with E-state index < -0.39 is 0 Å². The van der Waals surface area contributed by atoms with E-state index in [4.69, 9.17) is 4.74 Å². The topological polar surface area (TPSA) is 73.2 Å². The first-order valence-corrected chi connectivity index (χ1v) is 8.93. The van der Waals surface area contributed by atoms with Gasteiger partial charge in [0.25, 0.3) is 5.56 Å². The molecule has 1 aromatic heterocycles. The van der Waals surface area contributed by atoms with E-state index in [1.165, 1.54) is 11.8 Å². The number of methoxy groups -OCH3 is 1. The van der Waals surface area contributed by atoms with Crippen molar-refractivity contribution in [1.29, 1.82) is 0 Å². The molecule has 130 valence electrons. The van der Waals surface area contributed by atoms with Crippen molar-refractivity contribution in [2.24, 2.45) is 0 Å². The number of hydrogen-bond acceptors (Lipinski definition) is 5. The molecule has 1 N–H and O–H groups in total. The lowest BCUT2D eigenvalue weighted by atomic mass is 10.2. The fourth-order valence-corrected chi connectivity index (χ4v) is 3.27. The van der Waals surface area contributed by atoms with Crippen LogP contribution < -0.4 is 10.9 Å². The van der Waals surface area contributed by atoms with E-state index in [-0.39, 0.29) is 23.3 Å². The van der Waals surface area contributed by atoms with Crippen molar-refractivity contribution in [2.75, 3.05) is 26.0 Å². The highest BCUT2D eigenvalue weighted by Gasteiger charge is 2.15. The predicted molar refractivity (Wildman–Crippen MR) is 96.6 cm³/mol. The molecule has 0 spiro atoms. The van der Waals surface area contributed by atoms with E-state index >= 15 is 0 Å². The van der Waals surface area contributed by atoms with Gasteiger partial charge in [0.2, 0.25) is 5.91 Å². The first-order chi connectivity index (χ1) is 11.5. The van der Waals surface area contributed by atoms with Crippen LogP contribution in [0.1, 0.15) is 26.3 Å². The highest BCUT2D eigenvalue weighted by atomic mass is 32.2. The zero-order valence-corrected chi connectivity index (χ0v) is 15.1. The minimum atomic E-state index is -0.0752. The van der Waals surface area contributed by atoms with Gasteiger partial charge >= 0.3 is 0 Å². The summed E-state index contributed by atoms with van der Waals surface area (Å²) in [4.78, 5) is 29.2. The number of fused-ring (bicyclic) bond motifs is 1. The van der Waals surface area contributed by atoms with Gasteiger partial charge in [-0.15, -0.1) is 0 Å². The van der Waals surface area contributed by atoms with Crippen molar-refractivity contribution in [3.05, 3.63) is 34.6 Å². The summed E-state index contributed by atoms with van der Waals surface area (Å²) >= 11 is 1.28. The number of ether oxygens (including phenoxy) is 1. The van der Waals surface area contributed by atoms with E-state index in [1.54, 1.807) is 17.7 Å². The third-order valence-corrected chi connectivity index (χ3v) is 4.42. The summed E-state index contributed by atoms with van der Waals surface area (Å²) in [6.07, 6.45) is 0.776. The third-order valence-electron chi connectivity index (χ3n) is 3.47. The number of amides is 1. The van der Waals surface area contributed by atoms with Crippen molar-refractivity contribution < 1.29 is 9.53 Å². The number of carbonyl (C=O) groups is 1. The summed E-state index contributed by atoms with van der Waals surface area (Å²) in [5.74, 6) is 0.151.